The van der Waals surface area contributed by atoms with Gasteiger partial charge in [-0.15, -0.1) is 0 Å². The van der Waals surface area contributed by atoms with Crippen molar-refractivity contribution in [3.8, 4) is 0 Å². The summed E-state index contributed by atoms with van der Waals surface area (Å²) in [6.45, 7) is 8.51. The molecule has 2 aromatic rings. The summed E-state index contributed by atoms with van der Waals surface area (Å²) < 4.78 is 0. The van der Waals surface area contributed by atoms with Crippen LogP contribution in [0, 0.1) is 12.8 Å². The maximum atomic E-state index is 13.5. The fourth-order valence-electron chi connectivity index (χ4n) is 4.91. The number of carbonyl (C=O) groups excluding carboxylic acids is 1. The molecule has 0 bridgehead atoms. The molecule has 2 heterocycles. The molecule has 1 aromatic carbocycles. The molecule has 1 saturated heterocycles. The lowest BCUT2D eigenvalue weighted by Gasteiger charge is -2.38. The molecule has 5 heteroatoms. The molecule has 2 N–H and O–H groups in total. The maximum absolute atomic E-state index is 13.5. The van der Waals surface area contributed by atoms with Gasteiger partial charge in [-0.3, -0.25) is 9.69 Å². The van der Waals surface area contributed by atoms with Crippen molar-refractivity contribution in [1.82, 2.24) is 20.2 Å². The van der Waals surface area contributed by atoms with E-state index in [2.05, 4.69) is 48.1 Å². The number of nitrogens with one attached hydrogen (secondary N) is 2. The number of aromatic amines is 1. The number of fused-ring (bicyclic) bond motifs is 1. The van der Waals surface area contributed by atoms with Crippen LogP contribution in [0.2, 0.25) is 0 Å². The normalized spacial score (nSPS) is 21.2. The van der Waals surface area contributed by atoms with Crippen molar-refractivity contribution in [2.75, 3.05) is 13.1 Å². The fourth-order valence-corrected chi connectivity index (χ4v) is 4.91. The van der Waals surface area contributed by atoms with Gasteiger partial charge in [0.2, 0.25) is 5.91 Å². The van der Waals surface area contributed by atoms with E-state index in [9.17, 15) is 4.79 Å². The maximum Gasteiger partial charge on any atom is 0.241 e. The average Bonchev–Trinajstić information content (AvgIpc) is 3.38. The number of hydrogen-bond acceptors (Lipinski definition) is 3. The first-order valence-corrected chi connectivity index (χ1v) is 10.5. The van der Waals surface area contributed by atoms with Crippen molar-refractivity contribution < 1.29 is 4.79 Å². The Hall–Kier alpha value is -1.88. The molecule has 0 radical (unpaired) electrons. The van der Waals surface area contributed by atoms with Crippen LogP contribution in [0.1, 0.15) is 69.8 Å². The number of rotatable bonds is 5. The molecule has 4 rings (SSSR count). The molecule has 0 unspecified atom stereocenters. The summed E-state index contributed by atoms with van der Waals surface area (Å²) >= 11 is 0. The van der Waals surface area contributed by atoms with E-state index in [-0.39, 0.29) is 23.4 Å². The molecule has 1 aromatic heterocycles. The highest BCUT2D eigenvalue weighted by atomic mass is 16.2. The van der Waals surface area contributed by atoms with Crippen molar-refractivity contribution >= 4 is 16.9 Å². The third-order valence-electron chi connectivity index (χ3n) is 6.47. The Morgan fingerprint density at radius 1 is 1.19 bits per heavy atom. The van der Waals surface area contributed by atoms with Crippen LogP contribution in [0.15, 0.2) is 18.2 Å². The lowest BCUT2D eigenvalue weighted by atomic mass is 9.92. The van der Waals surface area contributed by atoms with E-state index in [4.69, 9.17) is 4.98 Å². The average molecular weight is 369 g/mol. The number of amides is 1. The lowest BCUT2D eigenvalue weighted by molar-refractivity contribution is -0.134. The molecular weight excluding hydrogens is 336 g/mol. The van der Waals surface area contributed by atoms with Crippen molar-refractivity contribution in [3.05, 3.63) is 29.6 Å². The molecule has 1 aliphatic carbocycles. The quantitative estimate of drug-likeness (QED) is 0.835. The Morgan fingerprint density at radius 3 is 2.56 bits per heavy atom. The van der Waals surface area contributed by atoms with Crippen molar-refractivity contribution in [2.24, 2.45) is 5.92 Å². The summed E-state index contributed by atoms with van der Waals surface area (Å²) in [5.41, 5.74) is 2.92. The molecule has 146 valence electrons. The Labute approximate surface area is 161 Å². The number of aromatic nitrogens is 2. The number of benzene rings is 1. The van der Waals surface area contributed by atoms with Gasteiger partial charge < -0.3 is 10.3 Å². The van der Waals surface area contributed by atoms with E-state index < -0.39 is 0 Å². The Morgan fingerprint density at radius 2 is 1.89 bits per heavy atom. The largest absolute Gasteiger partial charge is 0.344 e. The number of aryl methyl sites for hydroxylation is 1. The lowest BCUT2D eigenvalue weighted by Crippen LogP contribution is -2.57. The molecule has 1 amide bonds. The van der Waals surface area contributed by atoms with Gasteiger partial charge in [-0.25, -0.2) is 4.98 Å². The SMILES string of the molecule is Cc1ccc2nc([C@H](NC(=O)C3(N4CCCC4)CCCC3)C(C)C)[nH]c2c1. The van der Waals surface area contributed by atoms with Crippen LogP contribution in [0.3, 0.4) is 0 Å². The second kappa shape index (κ2) is 7.27. The standard InChI is InChI=1S/C22H32N4O/c1-15(2)19(20-23-17-9-8-16(3)14-18(17)24-20)25-21(27)22(10-4-5-11-22)26-12-6-7-13-26/h8-9,14-15,19H,4-7,10-13H2,1-3H3,(H,23,24)(H,25,27)/t19-/m1/s1. The van der Waals surface area contributed by atoms with E-state index in [0.717, 1.165) is 55.6 Å². The Balaban J connectivity index is 1.61. The summed E-state index contributed by atoms with van der Waals surface area (Å²) in [5.74, 6) is 1.35. The number of H-pyrrole nitrogens is 1. The topological polar surface area (TPSA) is 61.0 Å². The summed E-state index contributed by atoms with van der Waals surface area (Å²) in [6.07, 6.45) is 6.71. The summed E-state index contributed by atoms with van der Waals surface area (Å²) in [7, 11) is 0. The highest BCUT2D eigenvalue weighted by molar-refractivity contribution is 5.87. The van der Waals surface area contributed by atoms with Crippen LogP contribution in [0.5, 0.6) is 0 Å². The molecule has 5 nitrogen and oxygen atoms in total. The second-order valence-electron chi connectivity index (χ2n) is 8.77. The fraction of sp³-hybridized carbons (Fsp3) is 0.636. The first kappa shape index (κ1) is 18.5. The van der Waals surface area contributed by atoms with Crippen molar-refractivity contribution in [2.45, 2.75) is 70.9 Å². The van der Waals surface area contributed by atoms with Crippen LogP contribution in [0.25, 0.3) is 11.0 Å². The number of hydrogen-bond donors (Lipinski definition) is 2. The summed E-state index contributed by atoms with van der Waals surface area (Å²) in [5, 5.41) is 3.39. The third kappa shape index (κ3) is 3.38. The van der Waals surface area contributed by atoms with E-state index >= 15 is 0 Å². The molecule has 1 atom stereocenters. The van der Waals surface area contributed by atoms with E-state index in [1.807, 2.05) is 6.07 Å². The number of likely N-dealkylation sites (tertiary alicyclic amines) is 1. The molecule has 1 saturated carbocycles. The van der Waals surface area contributed by atoms with Crippen LogP contribution in [0.4, 0.5) is 0 Å². The van der Waals surface area contributed by atoms with Crippen molar-refractivity contribution in [3.63, 3.8) is 0 Å². The molecule has 1 aliphatic heterocycles. The van der Waals surface area contributed by atoms with Gasteiger partial charge in [0.05, 0.1) is 17.1 Å². The molecule has 0 spiro atoms. The highest BCUT2D eigenvalue weighted by Crippen LogP contribution is 2.38. The zero-order valence-corrected chi connectivity index (χ0v) is 16.8. The molecule has 2 fully saturated rings. The minimum absolute atomic E-state index is 0.0923. The van der Waals surface area contributed by atoms with Gasteiger partial charge in [0.15, 0.2) is 0 Å². The van der Waals surface area contributed by atoms with Gasteiger partial charge in [0.1, 0.15) is 11.4 Å². The number of nitrogens with zero attached hydrogens (tertiary/aromatic N) is 2. The van der Waals surface area contributed by atoms with Crippen LogP contribution < -0.4 is 5.32 Å². The van der Waals surface area contributed by atoms with Gasteiger partial charge in [-0.1, -0.05) is 32.8 Å². The van der Waals surface area contributed by atoms with Crippen LogP contribution >= 0.6 is 0 Å². The van der Waals surface area contributed by atoms with Gasteiger partial charge in [-0.05, 0) is 69.3 Å². The highest BCUT2D eigenvalue weighted by Gasteiger charge is 2.47. The minimum atomic E-state index is -0.299. The predicted octanol–water partition coefficient (Wildman–Crippen LogP) is 4.09. The smallest absolute Gasteiger partial charge is 0.241 e. The van der Waals surface area contributed by atoms with E-state index in [1.54, 1.807) is 0 Å². The summed E-state index contributed by atoms with van der Waals surface area (Å²) in [6, 6.07) is 6.15. The van der Waals surface area contributed by atoms with Gasteiger partial charge >= 0.3 is 0 Å². The molecule has 27 heavy (non-hydrogen) atoms. The monoisotopic (exact) mass is 368 g/mol. The van der Waals surface area contributed by atoms with E-state index in [1.165, 1.54) is 18.4 Å². The first-order valence-electron chi connectivity index (χ1n) is 10.5. The van der Waals surface area contributed by atoms with Gasteiger partial charge in [-0.2, -0.15) is 0 Å². The zero-order valence-electron chi connectivity index (χ0n) is 16.8. The molecule has 2 aliphatic rings. The van der Waals surface area contributed by atoms with E-state index in [0.29, 0.717) is 0 Å². The van der Waals surface area contributed by atoms with Gasteiger partial charge in [0, 0.05) is 0 Å². The van der Waals surface area contributed by atoms with Crippen LogP contribution in [-0.2, 0) is 4.79 Å². The first-order chi connectivity index (χ1) is 13.0. The minimum Gasteiger partial charge on any atom is -0.344 e. The van der Waals surface area contributed by atoms with Crippen molar-refractivity contribution in [1.29, 1.82) is 0 Å². The van der Waals surface area contributed by atoms with Gasteiger partial charge in [0.25, 0.3) is 0 Å². The second-order valence-corrected chi connectivity index (χ2v) is 8.77. The number of imidazole rings is 1. The predicted molar refractivity (Wildman–Crippen MR) is 109 cm³/mol. The van der Waals surface area contributed by atoms with Crippen LogP contribution in [-0.4, -0.2) is 39.4 Å². The zero-order chi connectivity index (χ0) is 19.0. The Bertz CT molecular complexity index is 813. The number of carbonyl (C=O) groups is 1. The molecular formula is C22H32N4O. The summed E-state index contributed by atoms with van der Waals surface area (Å²) in [4.78, 5) is 24.2. The Kier molecular flexibility index (Phi) is 4.97. The third-order valence-corrected chi connectivity index (χ3v) is 6.47.